The van der Waals surface area contributed by atoms with Crippen molar-refractivity contribution in [3.8, 4) is 0 Å². The summed E-state index contributed by atoms with van der Waals surface area (Å²) >= 11 is 0. The summed E-state index contributed by atoms with van der Waals surface area (Å²) in [6.45, 7) is 10.7. The fourth-order valence-corrected chi connectivity index (χ4v) is 2.58. The third-order valence-electron chi connectivity index (χ3n) is 4.08. The van der Waals surface area contributed by atoms with Gasteiger partial charge in [0.1, 0.15) is 0 Å². The van der Waals surface area contributed by atoms with Gasteiger partial charge in [-0.3, -0.25) is 9.69 Å². The van der Waals surface area contributed by atoms with Crippen LogP contribution in [0.4, 0.5) is 0 Å². The molecule has 1 amide bonds. The van der Waals surface area contributed by atoms with Gasteiger partial charge in [-0.15, -0.1) is 12.4 Å². The van der Waals surface area contributed by atoms with Gasteiger partial charge in [0.05, 0.1) is 19.3 Å². The number of hydrogen-bond donors (Lipinski definition) is 2. The van der Waals surface area contributed by atoms with Crippen LogP contribution >= 0.6 is 12.4 Å². The number of rotatable bonds is 7. The Labute approximate surface area is 151 Å². The quantitative estimate of drug-likeness (QED) is 0.785. The molecule has 0 unspecified atom stereocenters. The lowest BCUT2D eigenvalue weighted by atomic mass is 10.1. The van der Waals surface area contributed by atoms with E-state index in [0.29, 0.717) is 25.7 Å². The summed E-state index contributed by atoms with van der Waals surface area (Å²) in [5.41, 5.74) is 2.27. The van der Waals surface area contributed by atoms with E-state index in [1.807, 2.05) is 26.0 Å². The second kappa shape index (κ2) is 10.7. The van der Waals surface area contributed by atoms with Crippen molar-refractivity contribution in [1.82, 2.24) is 15.5 Å². The topological polar surface area (TPSA) is 53.6 Å². The molecule has 136 valence electrons. The van der Waals surface area contributed by atoms with Gasteiger partial charge in [-0.1, -0.05) is 24.3 Å². The molecule has 1 aliphatic rings. The molecule has 0 saturated carbocycles. The molecule has 1 aromatic carbocycles. The van der Waals surface area contributed by atoms with Crippen LogP contribution in [0.2, 0.25) is 0 Å². The molecular formula is C18H30ClN3O2. The zero-order chi connectivity index (χ0) is 16.7. The fraction of sp³-hybridized carbons (Fsp3) is 0.611. The van der Waals surface area contributed by atoms with Gasteiger partial charge in [0.2, 0.25) is 5.91 Å². The number of nitrogens with zero attached hydrogens (tertiary/aromatic N) is 1. The van der Waals surface area contributed by atoms with Crippen molar-refractivity contribution in [1.29, 1.82) is 0 Å². The minimum absolute atomic E-state index is 0. The molecule has 0 radical (unpaired) electrons. The van der Waals surface area contributed by atoms with Crippen LogP contribution in [0.25, 0.3) is 0 Å². The highest BCUT2D eigenvalue weighted by Gasteiger charge is 2.19. The van der Waals surface area contributed by atoms with Gasteiger partial charge in [0.15, 0.2) is 0 Å². The predicted molar refractivity (Wildman–Crippen MR) is 99.4 cm³/mol. The van der Waals surface area contributed by atoms with Crippen LogP contribution in [0.1, 0.15) is 31.9 Å². The van der Waals surface area contributed by atoms with Crippen LogP contribution in [0.15, 0.2) is 24.3 Å². The third-order valence-corrected chi connectivity index (χ3v) is 4.08. The number of ether oxygens (including phenoxy) is 1. The van der Waals surface area contributed by atoms with Crippen molar-refractivity contribution >= 4 is 18.3 Å². The first-order valence-corrected chi connectivity index (χ1v) is 8.45. The number of benzene rings is 1. The van der Waals surface area contributed by atoms with Gasteiger partial charge in [0, 0.05) is 32.2 Å². The number of hydrogen-bond acceptors (Lipinski definition) is 4. The van der Waals surface area contributed by atoms with Crippen molar-refractivity contribution < 1.29 is 9.53 Å². The van der Waals surface area contributed by atoms with E-state index in [2.05, 4.69) is 34.6 Å². The SMILES string of the molecule is CC(C)OCc1ccc(CNC(=O)CN2CCNC[C@@H]2C)cc1.Cl. The molecule has 1 heterocycles. The van der Waals surface area contributed by atoms with E-state index in [4.69, 9.17) is 4.74 Å². The molecule has 1 aliphatic heterocycles. The van der Waals surface area contributed by atoms with Crippen molar-refractivity contribution in [3.63, 3.8) is 0 Å². The summed E-state index contributed by atoms with van der Waals surface area (Å²) in [5, 5.41) is 6.34. The number of halogens is 1. The maximum absolute atomic E-state index is 12.1. The van der Waals surface area contributed by atoms with Gasteiger partial charge in [0.25, 0.3) is 0 Å². The van der Waals surface area contributed by atoms with Gasteiger partial charge >= 0.3 is 0 Å². The summed E-state index contributed by atoms with van der Waals surface area (Å²) < 4.78 is 5.58. The summed E-state index contributed by atoms with van der Waals surface area (Å²) in [4.78, 5) is 14.3. The minimum Gasteiger partial charge on any atom is -0.374 e. The van der Waals surface area contributed by atoms with Crippen LogP contribution in [0.5, 0.6) is 0 Å². The monoisotopic (exact) mass is 355 g/mol. The van der Waals surface area contributed by atoms with Crippen LogP contribution in [-0.2, 0) is 22.7 Å². The Morgan fingerprint density at radius 1 is 1.33 bits per heavy atom. The summed E-state index contributed by atoms with van der Waals surface area (Å²) in [7, 11) is 0. The number of piperazine rings is 1. The average molecular weight is 356 g/mol. The van der Waals surface area contributed by atoms with E-state index in [-0.39, 0.29) is 24.4 Å². The van der Waals surface area contributed by atoms with Crippen molar-refractivity contribution in [2.45, 2.75) is 46.1 Å². The van der Waals surface area contributed by atoms with Gasteiger partial charge in [-0.25, -0.2) is 0 Å². The van der Waals surface area contributed by atoms with Crippen LogP contribution in [-0.4, -0.2) is 49.1 Å². The number of carbonyl (C=O) groups is 1. The summed E-state index contributed by atoms with van der Waals surface area (Å²) in [6.07, 6.45) is 0.237. The van der Waals surface area contributed by atoms with E-state index in [1.54, 1.807) is 0 Å². The highest BCUT2D eigenvalue weighted by atomic mass is 35.5. The maximum Gasteiger partial charge on any atom is 0.234 e. The molecular weight excluding hydrogens is 326 g/mol. The summed E-state index contributed by atoms with van der Waals surface area (Å²) in [5.74, 6) is 0.0889. The molecule has 2 rings (SSSR count). The van der Waals surface area contributed by atoms with E-state index in [1.165, 1.54) is 0 Å². The zero-order valence-corrected chi connectivity index (χ0v) is 15.7. The lowest BCUT2D eigenvalue weighted by molar-refractivity contribution is -0.123. The predicted octanol–water partition coefficient (Wildman–Crippen LogP) is 1.94. The van der Waals surface area contributed by atoms with Crippen LogP contribution in [0, 0.1) is 0 Å². The highest BCUT2D eigenvalue weighted by molar-refractivity contribution is 5.85. The fourth-order valence-electron chi connectivity index (χ4n) is 2.58. The van der Waals surface area contributed by atoms with Crippen molar-refractivity contribution in [2.75, 3.05) is 26.2 Å². The van der Waals surface area contributed by atoms with Crippen molar-refractivity contribution in [3.05, 3.63) is 35.4 Å². The first-order valence-electron chi connectivity index (χ1n) is 8.45. The molecule has 5 nitrogen and oxygen atoms in total. The lowest BCUT2D eigenvalue weighted by Crippen LogP contribution is -2.52. The van der Waals surface area contributed by atoms with E-state index in [0.717, 1.165) is 30.8 Å². The van der Waals surface area contributed by atoms with Crippen LogP contribution in [0.3, 0.4) is 0 Å². The minimum atomic E-state index is 0. The van der Waals surface area contributed by atoms with Gasteiger partial charge in [-0.2, -0.15) is 0 Å². The Kier molecular flexibility index (Phi) is 9.29. The number of carbonyl (C=O) groups excluding carboxylic acids is 1. The molecule has 1 fully saturated rings. The molecule has 1 atom stereocenters. The second-order valence-corrected chi connectivity index (χ2v) is 6.48. The Balaban J connectivity index is 0.00000288. The largest absolute Gasteiger partial charge is 0.374 e. The Morgan fingerprint density at radius 2 is 2.00 bits per heavy atom. The standard InChI is InChI=1S/C18H29N3O2.ClH/c1-14(2)23-13-17-6-4-16(5-7-17)11-20-18(22)12-21-9-8-19-10-15(21)3;/h4-7,14-15,19H,8-13H2,1-3H3,(H,20,22);1H/t15-;/m0./s1. The third kappa shape index (κ3) is 7.18. The normalized spacial score (nSPS) is 18.2. The number of amides is 1. The molecule has 0 spiro atoms. The molecule has 0 aromatic heterocycles. The lowest BCUT2D eigenvalue weighted by Gasteiger charge is -2.33. The summed E-state index contributed by atoms with van der Waals surface area (Å²) in [6, 6.07) is 8.62. The zero-order valence-electron chi connectivity index (χ0n) is 14.9. The molecule has 2 N–H and O–H groups in total. The first-order chi connectivity index (χ1) is 11.0. The second-order valence-electron chi connectivity index (χ2n) is 6.48. The Bertz CT molecular complexity index is 494. The Hall–Kier alpha value is -1.14. The van der Waals surface area contributed by atoms with E-state index < -0.39 is 0 Å². The molecule has 0 aliphatic carbocycles. The van der Waals surface area contributed by atoms with Gasteiger partial charge in [-0.05, 0) is 31.9 Å². The molecule has 0 bridgehead atoms. The smallest absolute Gasteiger partial charge is 0.234 e. The van der Waals surface area contributed by atoms with Crippen molar-refractivity contribution in [2.24, 2.45) is 0 Å². The molecule has 1 aromatic rings. The highest BCUT2D eigenvalue weighted by Crippen LogP contribution is 2.07. The van der Waals surface area contributed by atoms with Crippen LogP contribution < -0.4 is 10.6 Å². The van der Waals surface area contributed by atoms with Gasteiger partial charge < -0.3 is 15.4 Å². The van der Waals surface area contributed by atoms with E-state index >= 15 is 0 Å². The maximum atomic E-state index is 12.1. The Morgan fingerprint density at radius 3 is 2.62 bits per heavy atom. The number of nitrogens with one attached hydrogen (secondary N) is 2. The molecule has 6 heteroatoms. The molecule has 24 heavy (non-hydrogen) atoms. The average Bonchev–Trinajstić information content (AvgIpc) is 2.54. The first kappa shape index (κ1) is 20.9. The van der Waals surface area contributed by atoms with E-state index in [9.17, 15) is 4.79 Å². The molecule has 1 saturated heterocycles.